The summed E-state index contributed by atoms with van der Waals surface area (Å²) in [4.78, 5) is 14.3. The molecule has 1 aromatic rings. The first-order valence-corrected chi connectivity index (χ1v) is 9.91. The van der Waals surface area contributed by atoms with Crippen molar-refractivity contribution in [2.45, 2.75) is 17.7 Å². The SMILES string of the molecule is CNC(=O)CN1CC2(CCN(C)CC2)COc2ccccc2S1(=O)=O. The number of carbonyl (C=O) groups is 1. The molecule has 1 fully saturated rings. The van der Waals surface area contributed by atoms with Crippen LogP contribution in [-0.2, 0) is 14.8 Å². The van der Waals surface area contributed by atoms with Gasteiger partial charge in [0.25, 0.3) is 0 Å². The summed E-state index contributed by atoms with van der Waals surface area (Å²) in [5, 5.41) is 2.52. The number of fused-ring (bicyclic) bond motifs is 1. The van der Waals surface area contributed by atoms with E-state index < -0.39 is 10.0 Å². The average molecular weight is 367 g/mol. The molecule has 0 saturated carbocycles. The van der Waals surface area contributed by atoms with Gasteiger partial charge in [0, 0.05) is 19.0 Å². The van der Waals surface area contributed by atoms with Crippen LogP contribution in [0.25, 0.3) is 0 Å². The molecule has 7 nitrogen and oxygen atoms in total. The molecular weight excluding hydrogens is 342 g/mol. The highest BCUT2D eigenvalue weighted by molar-refractivity contribution is 7.89. The molecule has 2 aliphatic rings. The van der Waals surface area contributed by atoms with E-state index in [2.05, 4.69) is 17.3 Å². The number of likely N-dealkylation sites (tertiary alicyclic amines) is 1. The minimum atomic E-state index is -3.80. The fourth-order valence-electron chi connectivity index (χ4n) is 3.43. The maximum Gasteiger partial charge on any atom is 0.247 e. The van der Waals surface area contributed by atoms with Crippen LogP contribution in [0.15, 0.2) is 29.2 Å². The lowest BCUT2D eigenvalue weighted by atomic mass is 9.79. The Bertz CT molecular complexity index is 742. The number of carbonyl (C=O) groups excluding carboxylic acids is 1. The van der Waals surface area contributed by atoms with Crippen molar-refractivity contribution in [3.63, 3.8) is 0 Å². The van der Waals surface area contributed by atoms with Gasteiger partial charge in [-0.1, -0.05) is 12.1 Å². The van der Waals surface area contributed by atoms with Crippen molar-refractivity contribution in [3.05, 3.63) is 24.3 Å². The monoisotopic (exact) mass is 367 g/mol. The molecule has 0 radical (unpaired) electrons. The van der Waals surface area contributed by atoms with E-state index in [1.54, 1.807) is 18.2 Å². The summed E-state index contributed by atoms with van der Waals surface area (Å²) in [6.45, 7) is 2.35. The standard InChI is InChI=1S/C17H25N3O4S/c1-18-16(21)11-20-12-17(7-9-19(2)10-8-17)13-24-14-5-3-4-6-15(14)25(20,22)23/h3-6H,7-13H2,1-2H3,(H,18,21). The molecule has 0 bridgehead atoms. The molecule has 1 aromatic carbocycles. The Labute approximate surface area is 149 Å². The first kappa shape index (κ1) is 18.2. The van der Waals surface area contributed by atoms with Crippen LogP contribution < -0.4 is 10.1 Å². The second kappa shape index (κ2) is 6.93. The number of sulfonamides is 1. The molecule has 1 spiro atoms. The number of hydrogen-bond acceptors (Lipinski definition) is 5. The fraction of sp³-hybridized carbons (Fsp3) is 0.588. The van der Waals surface area contributed by atoms with Crippen LogP contribution in [-0.4, -0.2) is 70.4 Å². The molecule has 25 heavy (non-hydrogen) atoms. The van der Waals surface area contributed by atoms with Gasteiger partial charge in [-0.2, -0.15) is 4.31 Å². The van der Waals surface area contributed by atoms with Crippen LogP contribution in [0.1, 0.15) is 12.8 Å². The molecule has 1 amide bonds. The number of piperidine rings is 1. The third kappa shape index (κ3) is 3.65. The molecule has 0 atom stereocenters. The van der Waals surface area contributed by atoms with E-state index in [1.165, 1.54) is 17.4 Å². The Kier molecular flexibility index (Phi) is 5.04. The third-order valence-corrected chi connectivity index (χ3v) is 6.99. The maximum atomic E-state index is 13.2. The molecule has 138 valence electrons. The zero-order valence-electron chi connectivity index (χ0n) is 14.7. The lowest BCUT2D eigenvalue weighted by molar-refractivity contribution is -0.121. The van der Waals surface area contributed by atoms with E-state index in [9.17, 15) is 13.2 Å². The van der Waals surface area contributed by atoms with Gasteiger partial charge in [-0.25, -0.2) is 8.42 Å². The molecule has 0 aliphatic carbocycles. The molecule has 0 aromatic heterocycles. The maximum absolute atomic E-state index is 13.2. The Morgan fingerprint density at radius 1 is 1.28 bits per heavy atom. The predicted molar refractivity (Wildman–Crippen MR) is 93.9 cm³/mol. The number of ether oxygens (including phenoxy) is 1. The van der Waals surface area contributed by atoms with Gasteiger partial charge in [0.1, 0.15) is 10.6 Å². The normalized spacial score (nSPS) is 23.1. The van der Waals surface area contributed by atoms with Crippen molar-refractivity contribution in [2.24, 2.45) is 5.41 Å². The van der Waals surface area contributed by atoms with Crippen molar-refractivity contribution in [1.82, 2.24) is 14.5 Å². The topological polar surface area (TPSA) is 79.0 Å². The zero-order valence-corrected chi connectivity index (χ0v) is 15.5. The first-order valence-electron chi connectivity index (χ1n) is 8.47. The van der Waals surface area contributed by atoms with E-state index in [4.69, 9.17) is 4.74 Å². The van der Waals surface area contributed by atoms with Crippen LogP contribution in [0.4, 0.5) is 0 Å². The van der Waals surface area contributed by atoms with Gasteiger partial charge in [0.15, 0.2) is 0 Å². The summed E-state index contributed by atoms with van der Waals surface area (Å²) in [5.41, 5.74) is -0.277. The number of nitrogens with zero attached hydrogens (tertiary/aromatic N) is 2. The molecule has 3 rings (SSSR count). The summed E-state index contributed by atoms with van der Waals surface area (Å²) >= 11 is 0. The number of likely N-dealkylation sites (N-methyl/N-ethyl adjacent to an activating group) is 1. The van der Waals surface area contributed by atoms with Gasteiger partial charge >= 0.3 is 0 Å². The van der Waals surface area contributed by atoms with Crippen LogP contribution in [0.2, 0.25) is 0 Å². The number of hydrogen-bond donors (Lipinski definition) is 1. The van der Waals surface area contributed by atoms with Crippen molar-refractivity contribution in [3.8, 4) is 5.75 Å². The zero-order chi connectivity index (χ0) is 18.1. The largest absolute Gasteiger partial charge is 0.492 e. The summed E-state index contributed by atoms with van der Waals surface area (Å²) in [5.74, 6) is 0.0491. The lowest BCUT2D eigenvalue weighted by Gasteiger charge is -2.44. The molecule has 1 saturated heterocycles. The van der Waals surface area contributed by atoms with Gasteiger partial charge in [0.2, 0.25) is 15.9 Å². The number of benzene rings is 1. The summed E-state index contributed by atoms with van der Waals surface area (Å²) in [6, 6.07) is 6.65. The van der Waals surface area contributed by atoms with Gasteiger partial charge in [0.05, 0.1) is 13.2 Å². The smallest absolute Gasteiger partial charge is 0.247 e. The Balaban J connectivity index is 2.01. The second-order valence-corrected chi connectivity index (χ2v) is 8.89. The third-order valence-electron chi connectivity index (χ3n) is 5.16. The van der Waals surface area contributed by atoms with E-state index in [0.29, 0.717) is 18.9 Å². The summed E-state index contributed by atoms with van der Waals surface area (Å²) in [7, 11) is -0.227. The van der Waals surface area contributed by atoms with Crippen molar-refractivity contribution in [2.75, 3.05) is 46.9 Å². The number of rotatable bonds is 2. The Hall–Kier alpha value is -1.64. The van der Waals surface area contributed by atoms with Gasteiger partial charge < -0.3 is 15.0 Å². The van der Waals surface area contributed by atoms with E-state index in [0.717, 1.165) is 25.9 Å². The fourth-order valence-corrected chi connectivity index (χ4v) is 5.07. The van der Waals surface area contributed by atoms with Crippen LogP contribution in [0.3, 0.4) is 0 Å². The minimum absolute atomic E-state index is 0.127. The van der Waals surface area contributed by atoms with Crippen LogP contribution in [0.5, 0.6) is 5.75 Å². The Morgan fingerprint density at radius 2 is 1.96 bits per heavy atom. The number of amides is 1. The molecule has 1 N–H and O–H groups in total. The first-order chi connectivity index (χ1) is 11.9. The van der Waals surface area contributed by atoms with Crippen molar-refractivity contribution < 1.29 is 17.9 Å². The quantitative estimate of drug-likeness (QED) is 0.825. The molecule has 0 unspecified atom stereocenters. The van der Waals surface area contributed by atoms with E-state index in [-0.39, 0.29) is 22.8 Å². The van der Waals surface area contributed by atoms with E-state index >= 15 is 0 Å². The highest BCUT2D eigenvalue weighted by Gasteiger charge is 2.42. The van der Waals surface area contributed by atoms with Crippen molar-refractivity contribution in [1.29, 1.82) is 0 Å². The molecule has 2 aliphatic heterocycles. The highest BCUT2D eigenvalue weighted by atomic mass is 32.2. The van der Waals surface area contributed by atoms with Crippen LogP contribution in [0, 0.1) is 5.41 Å². The minimum Gasteiger partial charge on any atom is -0.492 e. The molecule has 8 heteroatoms. The van der Waals surface area contributed by atoms with Gasteiger partial charge in [-0.15, -0.1) is 0 Å². The predicted octanol–water partition coefficient (Wildman–Crippen LogP) is 0.528. The number of para-hydroxylation sites is 1. The van der Waals surface area contributed by atoms with Crippen molar-refractivity contribution >= 4 is 15.9 Å². The highest BCUT2D eigenvalue weighted by Crippen LogP contribution is 2.38. The summed E-state index contributed by atoms with van der Waals surface area (Å²) < 4.78 is 33.6. The van der Waals surface area contributed by atoms with Gasteiger partial charge in [-0.3, -0.25) is 4.79 Å². The van der Waals surface area contributed by atoms with Crippen LogP contribution >= 0.6 is 0 Å². The van der Waals surface area contributed by atoms with E-state index in [1.807, 2.05) is 0 Å². The second-order valence-electron chi connectivity index (χ2n) is 6.98. The molecular formula is C17H25N3O4S. The molecule has 2 heterocycles. The van der Waals surface area contributed by atoms with Gasteiger partial charge in [-0.05, 0) is 45.1 Å². The Morgan fingerprint density at radius 3 is 2.64 bits per heavy atom. The lowest BCUT2D eigenvalue weighted by Crippen LogP contribution is -2.52. The summed E-state index contributed by atoms with van der Waals surface area (Å²) in [6.07, 6.45) is 1.68. The average Bonchev–Trinajstić information content (AvgIpc) is 2.61. The number of nitrogens with one attached hydrogen (secondary N) is 1.